The van der Waals surface area contributed by atoms with Gasteiger partial charge in [-0.3, -0.25) is 0 Å². The number of halogens is 5. The zero-order chi connectivity index (χ0) is 14.4. The minimum absolute atomic E-state index is 0.132. The second-order valence-electron chi connectivity index (χ2n) is 3.83. The highest BCUT2D eigenvalue weighted by Gasteiger charge is 2.17. The molecule has 3 aromatic rings. The first-order valence-corrected chi connectivity index (χ1v) is 7.98. The Morgan fingerprint density at radius 3 is 2.55 bits per heavy atom. The largest absolute Gasteiger partial charge is 0.225 e. The predicted octanol–water partition coefficient (Wildman–Crippen LogP) is 6.22. The Balaban J connectivity index is 2.35. The maximum atomic E-state index is 13.9. The van der Waals surface area contributed by atoms with Crippen molar-refractivity contribution in [3.05, 3.63) is 42.3 Å². The lowest BCUT2D eigenvalue weighted by molar-refractivity contribution is 0.636. The molecule has 0 radical (unpaired) electrons. The van der Waals surface area contributed by atoms with Gasteiger partial charge < -0.3 is 0 Å². The zero-order valence-corrected chi connectivity index (χ0v) is 14.1. The average molecular weight is 412 g/mol. The molecule has 0 saturated heterocycles. The van der Waals surface area contributed by atoms with Gasteiger partial charge in [-0.1, -0.05) is 34.8 Å². The van der Waals surface area contributed by atoms with Crippen molar-refractivity contribution in [3.8, 4) is 11.4 Å². The van der Waals surface area contributed by atoms with Gasteiger partial charge in [-0.2, -0.15) is 0 Å². The fourth-order valence-corrected chi connectivity index (χ4v) is 4.09. The fraction of sp³-hybridized carbons (Fsp3) is 0. The normalized spacial score (nSPS) is 11.2. The molecule has 2 heterocycles. The SMILES string of the molecule is Fc1ccc(Br)c2c(Cl)nc(-c3cc(Cl)sc3Cl)nc12. The number of hydrogen-bond donors (Lipinski definition) is 0. The van der Waals surface area contributed by atoms with Crippen LogP contribution in [0.4, 0.5) is 4.39 Å². The molecule has 3 rings (SSSR count). The molecule has 0 atom stereocenters. The maximum absolute atomic E-state index is 13.9. The van der Waals surface area contributed by atoms with Gasteiger partial charge in [0.25, 0.3) is 0 Å². The number of benzene rings is 1. The third-order valence-electron chi connectivity index (χ3n) is 2.60. The second kappa shape index (κ2) is 5.39. The summed E-state index contributed by atoms with van der Waals surface area (Å²) in [5.41, 5.74) is 0.664. The third-order valence-corrected chi connectivity index (χ3v) is 5.03. The van der Waals surface area contributed by atoms with Crippen molar-refractivity contribution in [1.82, 2.24) is 9.97 Å². The Morgan fingerprint density at radius 1 is 1.15 bits per heavy atom. The van der Waals surface area contributed by atoms with E-state index < -0.39 is 5.82 Å². The Kier molecular flexibility index (Phi) is 3.90. The molecule has 0 aliphatic rings. The quantitative estimate of drug-likeness (QED) is 0.444. The number of thiophene rings is 1. The van der Waals surface area contributed by atoms with Gasteiger partial charge in [-0.15, -0.1) is 11.3 Å². The Hall–Kier alpha value is -0.460. The van der Waals surface area contributed by atoms with Gasteiger partial charge in [0.05, 0.1) is 15.3 Å². The molecule has 1 aromatic carbocycles. The van der Waals surface area contributed by atoms with E-state index in [1.54, 1.807) is 12.1 Å². The topological polar surface area (TPSA) is 25.8 Å². The van der Waals surface area contributed by atoms with Gasteiger partial charge in [0.1, 0.15) is 20.8 Å². The minimum Gasteiger partial charge on any atom is -0.225 e. The summed E-state index contributed by atoms with van der Waals surface area (Å²) in [5.74, 6) is -0.237. The van der Waals surface area contributed by atoms with E-state index in [2.05, 4.69) is 25.9 Å². The van der Waals surface area contributed by atoms with Crippen LogP contribution in [-0.2, 0) is 0 Å². The second-order valence-corrected chi connectivity index (χ2v) is 7.33. The predicted molar refractivity (Wildman–Crippen MR) is 85.5 cm³/mol. The van der Waals surface area contributed by atoms with Crippen molar-refractivity contribution in [2.24, 2.45) is 0 Å². The number of rotatable bonds is 1. The van der Waals surface area contributed by atoms with E-state index in [4.69, 9.17) is 34.8 Å². The zero-order valence-electron chi connectivity index (χ0n) is 9.42. The average Bonchev–Trinajstić information content (AvgIpc) is 2.72. The first-order valence-electron chi connectivity index (χ1n) is 5.24. The minimum atomic E-state index is -0.480. The van der Waals surface area contributed by atoms with Crippen LogP contribution in [-0.4, -0.2) is 9.97 Å². The van der Waals surface area contributed by atoms with Crippen LogP contribution < -0.4 is 0 Å². The van der Waals surface area contributed by atoms with Crippen LogP contribution in [0.2, 0.25) is 13.8 Å². The van der Waals surface area contributed by atoms with Crippen LogP contribution in [0.25, 0.3) is 22.3 Å². The van der Waals surface area contributed by atoms with Crippen LogP contribution >= 0.6 is 62.1 Å². The fourth-order valence-electron chi connectivity index (χ4n) is 1.74. The molecule has 0 unspecified atom stereocenters. The molecule has 0 spiro atoms. The van der Waals surface area contributed by atoms with Gasteiger partial charge in [-0.05, 0) is 34.1 Å². The Bertz CT molecular complexity index is 837. The molecule has 0 amide bonds. The molecule has 8 heteroatoms. The highest BCUT2D eigenvalue weighted by atomic mass is 79.9. The highest BCUT2D eigenvalue weighted by molar-refractivity contribution is 9.10. The van der Waals surface area contributed by atoms with Crippen molar-refractivity contribution in [1.29, 1.82) is 0 Å². The van der Waals surface area contributed by atoms with Gasteiger partial charge in [0.2, 0.25) is 0 Å². The van der Waals surface area contributed by atoms with E-state index in [-0.39, 0.29) is 16.5 Å². The highest BCUT2D eigenvalue weighted by Crippen LogP contribution is 2.39. The summed E-state index contributed by atoms with van der Waals surface area (Å²) >= 11 is 22.6. The van der Waals surface area contributed by atoms with Crippen LogP contribution in [0.15, 0.2) is 22.7 Å². The van der Waals surface area contributed by atoms with Crippen LogP contribution in [0.1, 0.15) is 0 Å². The van der Waals surface area contributed by atoms with Crippen LogP contribution in [0, 0.1) is 5.82 Å². The molecule has 0 N–H and O–H groups in total. The monoisotopic (exact) mass is 410 g/mol. The van der Waals surface area contributed by atoms with E-state index in [1.165, 1.54) is 17.4 Å². The standard InChI is InChI=1S/C12H3BrCl3FN2S/c13-5-1-2-6(17)9-8(5)10(15)19-12(18-9)4-3-7(14)20-11(4)16/h1-3H. The molecule has 0 aliphatic heterocycles. The molecule has 20 heavy (non-hydrogen) atoms. The Morgan fingerprint density at radius 2 is 1.90 bits per heavy atom. The summed E-state index contributed by atoms with van der Waals surface area (Å²) < 4.78 is 15.5. The van der Waals surface area contributed by atoms with Gasteiger partial charge in [0, 0.05) is 4.47 Å². The van der Waals surface area contributed by atoms with E-state index in [0.29, 0.717) is 24.1 Å². The van der Waals surface area contributed by atoms with Crippen molar-refractivity contribution in [2.45, 2.75) is 0 Å². The molecular weight excluding hydrogens is 409 g/mol. The molecule has 2 aromatic heterocycles. The first kappa shape index (κ1) is 14.5. The van der Waals surface area contributed by atoms with Crippen molar-refractivity contribution < 1.29 is 4.39 Å². The summed E-state index contributed by atoms with van der Waals surface area (Å²) in [7, 11) is 0. The lowest BCUT2D eigenvalue weighted by Crippen LogP contribution is -1.94. The number of fused-ring (bicyclic) bond motifs is 1. The van der Waals surface area contributed by atoms with Crippen LogP contribution in [0.5, 0.6) is 0 Å². The first-order chi connectivity index (χ1) is 9.47. The molecule has 0 saturated carbocycles. The molecule has 2 nitrogen and oxygen atoms in total. The van der Waals surface area contributed by atoms with Gasteiger partial charge in [-0.25, -0.2) is 14.4 Å². The van der Waals surface area contributed by atoms with E-state index in [9.17, 15) is 4.39 Å². The van der Waals surface area contributed by atoms with Gasteiger partial charge >= 0.3 is 0 Å². The smallest absolute Gasteiger partial charge is 0.164 e. The van der Waals surface area contributed by atoms with Gasteiger partial charge in [0.15, 0.2) is 5.82 Å². The number of aromatic nitrogens is 2. The summed E-state index contributed by atoms with van der Waals surface area (Å²) in [6.45, 7) is 0. The van der Waals surface area contributed by atoms with Crippen molar-refractivity contribution in [2.75, 3.05) is 0 Å². The molecule has 0 aliphatic carbocycles. The van der Waals surface area contributed by atoms with E-state index in [1.807, 2.05) is 0 Å². The summed E-state index contributed by atoms with van der Waals surface area (Å²) in [6, 6.07) is 4.49. The summed E-state index contributed by atoms with van der Waals surface area (Å²) in [6.07, 6.45) is 0. The molecular formula is C12H3BrCl3FN2S. The van der Waals surface area contributed by atoms with Crippen molar-refractivity contribution >= 4 is 73.0 Å². The molecule has 0 fully saturated rings. The van der Waals surface area contributed by atoms with E-state index in [0.717, 1.165) is 0 Å². The van der Waals surface area contributed by atoms with Crippen molar-refractivity contribution in [3.63, 3.8) is 0 Å². The van der Waals surface area contributed by atoms with Crippen LogP contribution in [0.3, 0.4) is 0 Å². The third kappa shape index (κ3) is 2.42. The lowest BCUT2D eigenvalue weighted by Gasteiger charge is -2.06. The maximum Gasteiger partial charge on any atom is 0.164 e. The lowest BCUT2D eigenvalue weighted by atomic mass is 10.2. The van der Waals surface area contributed by atoms with E-state index >= 15 is 0 Å². The Labute approximate surface area is 140 Å². The molecule has 102 valence electrons. The summed E-state index contributed by atoms with van der Waals surface area (Å²) in [4.78, 5) is 8.37. The number of hydrogen-bond acceptors (Lipinski definition) is 3. The number of nitrogens with zero attached hydrogens (tertiary/aromatic N) is 2. The summed E-state index contributed by atoms with van der Waals surface area (Å²) in [5, 5.41) is 0.572. The molecule has 0 bridgehead atoms.